The van der Waals surface area contributed by atoms with Gasteiger partial charge >= 0.3 is 57.1 Å². The van der Waals surface area contributed by atoms with Crippen LogP contribution >= 0.6 is 0 Å². The molecule has 0 bridgehead atoms. The van der Waals surface area contributed by atoms with Gasteiger partial charge < -0.3 is 4.48 Å². The van der Waals surface area contributed by atoms with Gasteiger partial charge in [0.05, 0.1) is 26.2 Å². The van der Waals surface area contributed by atoms with E-state index >= 15 is 0 Å². The third-order valence-electron chi connectivity index (χ3n) is 4.97. The second-order valence-electron chi connectivity index (χ2n) is 7.46. The monoisotopic (exact) mass is 341 g/mol. The van der Waals surface area contributed by atoms with Gasteiger partial charge in [-0.2, -0.15) is 0 Å². The molecule has 0 saturated carbocycles. The fourth-order valence-corrected chi connectivity index (χ4v) is 3.18. The fraction of sp³-hybridized carbons (Fsp3) is 0.727. The number of quaternary nitrogens is 1. The molecule has 0 spiro atoms. The molecule has 0 aliphatic carbocycles. The molecule has 0 radical (unpaired) electrons. The van der Waals surface area contributed by atoms with E-state index in [4.69, 9.17) is 0 Å². The predicted molar refractivity (Wildman–Crippen MR) is 111 cm³/mol. The van der Waals surface area contributed by atoms with Crippen molar-refractivity contribution in [2.75, 3.05) is 26.2 Å². The van der Waals surface area contributed by atoms with Crippen LogP contribution in [0.2, 0.25) is 0 Å². The summed E-state index contributed by atoms with van der Waals surface area (Å²) in [4.78, 5) is 0. The minimum atomic E-state index is 0.0793. The van der Waals surface area contributed by atoms with Crippen LogP contribution in [0, 0.1) is 0 Å². The van der Waals surface area contributed by atoms with Crippen LogP contribution in [0.1, 0.15) is 79.1 Å². The molecular formula is C22H40LiNO. The summed E-state index contributed by atoms with van der Waals surface area (Å²) in [6.07, 6.45) is 11.1. The summed E-state index contributed by atoms with van der Waals surface area (Å²) in [6, 6.07) is 6.75. The van der Waals surface area contributed by atoms with Crippen molar-refractivity contribution in [3.8, 4) is 5.75 Å². The van der Waals surface area contributed by atoms with E-state index in [0.29, 0.717) is 0 Å². The molecule has 0 unspecified atom stereocenters. The zero-order valence-electron chi connectivity index (χ0n) is 17.7. The Morgan fingerprint density at radius 1 is 0.680 bits per heavy atom. The maximum absolute atomic E-state index is 10.4. The first-order valence-electron chi connectivity index (χ1n) is 10.6. The second kappa shape index (κ2) is 15.8. The molecule has 1 aromatic rings. The Hall–Kier alpha value is -0.423. The molecule has 0 fully saturated rings. The first-order chi connectivity index (χ1) is 12.0. The number of unbranched alkanes of at least 4 members (excludes halogenated alkanes) is 4. The van der Waals surface area contributed by atoms with E-state index in [9.17, 15) is 5.11 Å². The second-order valence-corrected chi connectivity index (χ2v) is 7.46. The zero-order valence-corrected chi connectivity index (χ0v) is 17.7. The van der Waals surface area contributed by atoms with Crippen LogP contribution in [0.4, 0.5) is 0 Å². The fourth-order valence-electron chi connectivity index (χ4n) is 3.18. The third kappa shape index (κ3) is 12.5. The van der Waals surface area contributed by atoms with Gasteiger partial charge in [0, 0.05) is 0 Å². The standard InChI is InChI=1S/C16H36N.C6H5O.Li/c1-5-9-13-17(14-10-6-2,15-11-7-3)16-12-8-4;7-6-4-2-1-3-5-6;/h5-16H2,1-4H3;2-5,7H;/q+1;;/p-1. The Labute approximate surface area is 166 Å². The third-order valence-corrected chi connectivity index (χ3v) is 4.97. The van der Waals surface area contributed by atoms with Crippen molar-refractivity contribution in [2.45, 2.75) is 79.1 Å². The van der Waals surface area contributed by atoms with Gasteiger partial charge in [-0.25, -0.2) is 0 Å². The van der Waals surface area contributed by atoms with E-state index in [0.717, 1.165) is 4.24 Å². The van der Waals surface area contributed by atoms with Crippen LogP contribution in [0.3, 0.4) is 0 Å². The topological polar surface area (TPSA) is 23.1 Å². The van der Waals surface area contributed by atoms with E-state index in [1.54, 1.807) is 12.1 Å². The Bertz CT molecular complexity index is 346. The van der Waals surface area contributed by atoms with E-state index in [1.165, 1.54) is 82.0 Å². The van der Waals surface area contributed by atoms with Gasteiger partial charge in [0.2, 0.25) is 0 Å². The van der Waals surface area contributed by atoms with Crippen LogP contribution in [0.25, 0.3) is 0 Å². The summed E-state index contributed by atoms with van der Waals surface area (Å²) in [5, 5.41) is 10.4. The Balaban J connectivity index is 0.000000593. The van der Waals surface area contributed by atoms with Crippen molar-refractivity contribution >= 4 is 22.0 Å². The molecule has 3 heteroatoms. The van der Waals surface area contributed by atoms with Crippen molar-refractivity contribution < 1.29 is 9.59 Å². The van der Waals surface area contributed by atoms with Crippen LogP contribution in [-0.2, 0) is 0 Å². The summed E-state index contributed by atoms with van der Waals surface area (Å²) in [5.74, 6) is 0.0793. The summed E-state index contributed by atoms with van der Waals surface area (Å²) < 4.78 is 2.55. The summed E-state index contributed by atoms with van der Waals surface area (Å²) >= 11 is 1.96. The first kappa shape index (κ1) is 24.6. The van der Waals surface area contributed by atoms with Crippen molar-refractivity contribution in [1.29, 1.82) is 0 Å². The number of rotatable bonds is 12. The molecule has 25 heavy (non-hydrogen) atoms. The van der Waals surface area contributed by atoms with E-state index in [-0.39, 0.29) is 5.75 Å². The molecule has 0 aliphatic rings. The molecule has 140 valence electrons. The van der Waals surface area contributed by atoms with Crippen molar-refractivity contribution in [3.05, 3.63) is 24.3 Å². The van der Waals surface area contributed by atoms with Gasteiger partial charge in [-0.3, -0.25) is 0 Å². The van der Waals surface area contributed by atoms with Crippen LogP contribution in [0.5, 0.6) is 5.75 Å². The van der Waals surface area contributed by atoms with E-state index in [1.807, 2.05) is 29.8 Å². The number of benzene rings is 1. The maximum atomic E-state index is 10.4. The number of hydrogen-bond donors (Lipinski definition) is 0. The van der Waals surface area contributed by atoms with E-state index < -0.39 is 0 Å². The Morgan fingerprint density at radius 2 is 1.00 bits per heavy atom. The average Bonchev–Trinajstić information content (AvgIpc) is 2.63. The van der Waals surface area contributed by atoms with Crippen molar-refractivity contribution in [2.24, 2.45) is 0 Å². The molecule has 0 N–H and O–H groups in total. The van der Waals surface area contributed by atoms with Gasteiger partial charge in [-0.15, -0.1) is 0 Å². The Kier molecular flexibility index (Phi) is 15.5. The first-order valence-corrected chi connectivity index (χ1v) is 10.6. The molecular weight excluding hydrogens is 301 g/mol. The Morgan fingerprint density at radius 3 is 1.24 bits per heavy atom. The minimum absolute atomic E-state index is 0.0793. The number of hydrogen-bond acceptors (Lipinski definition) is 1. The molecule has 0 heterocycles. The van der Waals surface area contributed by atoms with Crippen LogP contribution in [-0.4, -0.2) is 48.4 Å². The molecule has 1 rings (SSSR count). The molecule has 0 atom stereocenters. The summed E-state index contributed by atoms with van der Waals surface area (Å²) in [5.41, 5.74) is 0. The predicted octanol–water partition coefficient (Wildman–Crippen LogP) is 4.56. The van der Waals surface area contributed by atoms with Crippen molar-refractivity contribution in [3.63, 3.8) is 0 Å². The molecule has 2 nitrogen and oxygen atoms in total. The number of nitrogens with zero attached hydrogens (tertiary/aromatic N) is 1. The van der Waals surface area contributed by atoms with Gasteiger partial charge in [-0.05, 0) is 25.7 Å². The molecule has 1 aromatic carbocycles. The quantitative estimate of drug-likeness (QED) is 0.404. The van der Waals surface area contributed by atoms with Crippen LogP contribution < -0.4 is 9.34 Å². The zero-order chi connectivity index (χ0) is 19.0. The molecule has 0 aromatic heterocycles. The molecule has 0 aliphatic heterocycles. The molecule has 0 saturated heterocycles. The molecule has 0 amide bonds. The van der Waals surface area contributed by atoms with Gasteiger partial charge in [0.25, 0.3) is 0 Å². The van der Waals surface area contributed by atoms with Crippen LogP contribution in [0.15, 0.2) is 24.3 Å². The van der Waals surface area contributed by atoms with Gasteiger partial charge in [-0.1, -0.05) is 53.4 Å². The van der Waals surface area contributed by atoms with E-state index in [2.05, 4.69) is 27.7 Å². The summed E-state index contributed by atoms with van der Waals surface area (Å²) in [6.45, 7) is 15.0. The SMILES string of the molecule is CCCC[N+](CCCC)(CCCC)CCCC.[Li][c]1ccc([O-])cc1. The van der Waals surface area contributed by atoms with Gasteiger partial charge in [0.15, 0.2) is 0 Å². The normalized spacial score (nSPS) is 11.1. The van der Waals surface area contributed by atoms with Gasteiger partial charge in [0.1, 0.15) is 0 Å². The van der Waals surface area contributed by atoms with Crippen molar-refractivity contribution in [1.82, 2.24) is 0 Å². The summed E-state index contributed by atoms with van der Waals surface area (Å²) in [7, 11) is 0. The average molecular weight is 342 g/mol.